The molecule has 1 heterocycles. The molecule has 4 heteroatoms. The SMILES string of the molecule is NC(=O)C1(N)C2CNCC21. The van der Waals surface area contributed by atoms with E-state index >= 15 is 0 Å². The van der Waals surface area contributed by atoms with Crippen LogP contribution in [-0.4, -0.2) is 24.5 Å². The van der Waals surface area contributed by atoms with Crippen molar-refractivity contribution in [1.82, 2.24) is 5.32 Å². The van der Waals surface area contributed by atoms with Gasteiger partial charge in [0.05, 0.1) is 0 Å². The molecule has 0 aromatic rings. The van der Waals surface area contributed by atoms with Gasteiger partial charge in [0.2, 0.25) is 5.91 Å². The molecule has 0 spiro atoms. The highest BCUT2D eigenvalue weighted by atomic mass is 16.1. The Labute approximate surface area is 58.9 Å². The zero-order valence-electron chi connectivity index (χ0n) is 5.63. The highest BCUT2D eigenvalue weighted by molar-refractivity contribution is 5.89. The van der Waals surface area contributed by atoms with Crippen molar-refractivity contribution in [3.8, 4) is 0 Å². The average Bonchev–Trinajstić information content (AvgIpc) is 2.28. The summed E-state index contributed by atoms with van der Waals surface area (Å²) in [5.74, 6) is 0.277. The average molecular weight is 141 g/mol. The van der Waals surface area contributed by atoms with E-state index in [4.69, 9.17) is 11.5 Å². The van der Waals surface area contributed by atoms with Crippen molar-refractivity contribution in [1.29, 1.82) is 0 Å². The fourth-order valence-electron chi connectivity index (χ4n) is 1.95. The number of amides is 1. The normalized spacial score (nSPS) is 50.5. The number of piperidine rings is 1. The lowest BCUT2D eigenvalue weighted by atomic mass is 10.1. The van der Waals surface area contributed by atoms with E-state index < -0.39 is 5.54 Å². The molecule has 0 radical (unpaired) electrons. The molecule has 10 heavy (non-hydrogen) atoms. The van der Waals surface area contributed by atoms with Crippen molar-refractivity contribution >= 4 is 5.91 Å². The second kappa shape index (κ2) is 1.52. The maximum absolute atomic E-state index is 10.8. The van der Waals surface area contributed by atoms with Crippen molar-refractivity contribution in [2.24, 2.45) is 23.3 Å². The standard InChI is InChI=1S/C6H11N3O/c7-5(10)6(8)3-1-9-2-4(3)6/h3-4,9H,1-2,8H2,(H2,7,10). The molecule has 1 saturated carbocycles. The van der Waals surface area contributed by atoms with Crippen LogP contribution in [0.25, 0.3) is 0 Å². The Bertz CT molecular complexity index is 181. The monoisotopic (exact) mass is 141 g/mol. The molecule has 2 rings (SSSR count). The minimum absolute atomic E-state index is 0.310. The molecule has 2 aliphatic rings. The van der Waals surface area contributed by atoms with Gasteiger partial charge in [-0.1, -0.05) is 0 Å². The Kier molecular flexibility index (Phi) is 0.928. The number of fused-ring (bicyclic) bond motifs is 1. The summed E-state index contributed by atoms with van der Waals surface area (Å²) in [5.41, 5.74) is 10.2. The van der Waals surface area contributed by atoms with Gasteiger partial charge in [0.25, 0.3) is 0 Å². The number of nitrogens with one attached hydrogen (secondary N) is 1. The third-order valence-electron chi connectivity index (χ3n) is 2.76. The molecule has 0 aromatic carbocycles. The summed E-state index contributed by atoms with van der Waals surface area (Å²) >= 11 is 0. The molecule has 1 aliphatic carbocycles. The predicted octanol–water partition coefficient (Wildman–Crippen LogP) is -1.98. The lowest BCUT2D eigenvalue weighted by Crippen LogP contribution is -2.46. The Hall–Kier alpha value is -0.610. The topological polar surface area (TPSA) is 81.1 Å². The van der Waals surface area contributed by atoms with Gasteiger partial charge in [0.15, 0.2) is 0 Å². The van der Waals surface area contributed by atoms with Crippen LogP contribution in [0.5, 0.6) is 0 Å². The summed E-state index contributed by atoms with van der Waals surface area (Å²) in [5, 5.41) is 3.14. The Balaban J connectivity index is 2.17. The van der Waals surface area contributed by atoms with Crippen LogP contribution in [0, 0.1) is 11.8 Å². The van der Waals surface area contributed by atoms with E-state index in [0.29, 0.717) is 11.8 Å². The van der Waals surface area contributed by atoms with Crippen molar-refractivity contribution in [2.45, 2.75) is 5.54 Å². The Morgan fingerprint density at radius 1 is 1.50 bits per heavy atom. The molecule has 2 unspecified atom stereocenters. The maximum atomic E-state index is 10.8. The third-order valence-corrected chi connectivity index (χ3v) is 2.76. The highest BCUT2D eigenvalue weighted by Gasteiger charge is 2.67. The van der Waals surface area contributed by atoms with Crippen LogP contribution in [0.15, 0.2) is 0 Å². The minimum atomic E-state index is -0.661. The van der Waals surface area contributed by atoms with Gasteiger partial charge in [-0.2, -0.15) is 0 Å². The van der Waals surface area contributed by atoms with Crippen LogP contribution >= 0.6 is 0 Å². The first-order valence-corrected chi connectivity index (χ1v) is 3.47. The van der Waals surface area contributed by atoms with Crippen LogP contribution < -0.4 is 16.8 Å². The van der Waals surface area contributed by atoms with Crippen LogP contribution in [0.4, 0.5) is 0 Å². The van der Waals surface area contributed by atoms with Crippen LogP contribution in [0.1, 0.15) is 0 Å². The summed E-state index contributed by atoms with van der Waals surface area (Å²) in [6.45, 7) is 1.70. The lowest BCUT2D eigenvalue weighted by molar-refractivity contribution is -0.120. The second-order valence-corrected chi connectivity index (χ2v) is 3.17. The number of primary amides is 1. The maximum Gasteiger partial charge on any atom is 0.238 e. The number of hydrogen-bond donors (Lipinski definition) is 3. The smallest absolute Gasteiger partial charge is 0.238 e. The van der Waals surface area contributed by atoms with Gasteiger partial charge in [0.1, 0.15) is 5.54 Å². The van der Waals surface area contributed by atoms with Gasteiger partial charge in [-0.05, 0) is 0 Å². The second-order valence-electron chi connectivity index (χ2n) is 3.17. The quantitative estimate of drug-likeness (QED) is 0.396. The van der Waals surface area contributed by atoms with Crippen LogP contribution in [0.2, 0.25) is 0 Å². The molecule has 1 amide bonds. The van der Waals surface area contributed by atoms with Crippen LogP contribution in [0.3, 0.4) is 0 Å². The molecule has 5 N–H and O–H groups in total. The first-order chi connectivity index (χ1) is 4.67. The van der Waals surface area contributed by atoms with Gasteiger partial charge < -0.3 is 16.8 Å². The molecule has 1 aliphatic heterocycles. The highest BCUT2D eigenvalue weighted by Crippen LogP contribution is 2.50. The first kappa shape index (κ1) is 6.12. The molecular formula is C6H11N3O. The van der Waals surface area contributed by atoms with Gasteiger partial charge in [-0.25, -0.2) is 0 Å². The summed E-state index contributed by atoms with van der Waals surface area (Å²) in [7, 11) is 0. The number of hydrogen-bond acceptors (Lipinski definition) is 3. The Morgan fingerprint density at radius 3 is 2.30 bits per heavy atom. The van der Waals surface area contributed by atoms with Crippen molar-refractivity contribution in [2.75, 3.05) is 13.1 Å². The predicted molar refractivity (Wildman–Crippen MR) is 36.0 cm³/mol. The van der Waals surface area contributed by atoms with E-state index in [2.05, 4.69) is 5.32 Å². The molecule has 0 aromatic heterocycles. The summed E-state index contributed by atoms with van der Waals surface area (Å²) in [4.78, 5) is 10.8. The first-order valence-electron chi connectivity index (χ1n) is 3.47. The third kappa shape index (κ3) is 0.468. The lowest BCUT2D eigenvalue weighted by Gasteiger charge is -2.10. The number of rotatable bonds is 1. The van der Waals surface area contributed by atoms with Crippen molar-refractivity contribution in [3.63, 3.8) is 0 Å². The van der Waals surface area contributed by atoms with Crippen molar-refractivity contribution < 1.29 is 4.79 Å². The van der Waals surface area contributed by atoms with Crippen molar-refractivity contribution in [3.05, 3.63) is 0 Å². The number of carbonyl (C=O) groups excluding carboxylic acids is 1. The molecule has 56 valence electrons. The number of carbonyl (C=O) groups is 1. The van der Waals surface area contributed by atoms with Gasteiger partial charge >= 0.3 is 0 Å². The van der Waals surface area contributed by atoms with E-state index in [-0.39, 0.29) is 5.91 Å². The minimum Gasteiger partial charge on any atom is -0.368 e. The fraction of sp³-hybridized carbons (Fsp3) is 0.833. The summed E-state index contributed by atoms with van der Waals surface area (Å²) in [6, 6.07) is 0. The largest absolute Gasteiger partial charge is 0.368 e. The zero-order valence-corrected chi connectivity index (χ0v) is 5.63. The molecule has 0 bridgehead atoms. The molecule has 1 saturated heterocycles. The number of nitrogens with two attached hydrogens (primary N) is 2. The fourth-order valence-corrected chi connectivity index (χ4v) is 1.95. The van der Waals surface area contributed by atoms with E-state index in [1.54, 1.807) is 0 Å². The van der Waals surface area contributed by atoms with Crippen LogP contribution in [-0.2, 0) is 4.79 Å². The van der Waals surface area contributed by atoms with E-state index in [0.717, 1.165) is 13.1 Å². The van der Waals surface area contributed by atoms with E-state index in [9.17, 15) is 4.79 Å². The summed E-state index contributed by atoms with van der Waals surface area (Å²) < 4.78 is 0. The van der Waals surface area contributed by atoms with E-state index in [1.807, 2.05) is 0 Å². The van der Waals surface area contributed by atoms with Gasteiger partial charge in [-0.3, -0.25) is 4.79 Å². The molecule has 2 fully saturated rings. The summed E-state index contributed by atoms with van der Waals surface area (Å²) in [6.07, 6.45) is 0. The Morgan fingerprint density at radius 2 is 2.00 bits per heavy atom. The van der Waals surface area contributed by atoms with E-state index in [1.165, 1.54) is 0 Å². The zero-order chi connectivity index (χ0) is 7.35. The van der Waals surface area contributed by atoms with Gasteiger partial charge in [-0.15, -0.1) is 0 Å². The molecule has 2 atom stereocenters. The van der Waals surface area contributed by atoms with Gasteiger partial charge in [0, 0.05) is 24.9 Å². The molecular weight excluding hydrogens is 130 g/mol. The molecule has 4 nitrogen and oxygen atoms in total.